The molecule has 1 amide bonds. The first-order valence-electron chi connectivity index (χ1n) is 6.93. The van der Waals surface area contributed by atoms with E-state index in [2.05, 4.69) is 10.6 Å². The van der Waals surface area contributed by atoms with Crippen LogP contribution in [0.25, 0.3) is 0 Å². The normalized spacial score (nSPS) is 25.2. The Morgan fingerprint density at radius 2 is 2.06 bits per heavy atom. The number of ether oxygens (including phenoxy) is 1. The fourth-order valence-electron chi connectivity index (χ4n) is 2.68. The van der Waals surface area contributed by atoms with Crippen molar-refractivity contribution in [3.63, 3.8) is 0 Å². The zero-order valence-electron chi connectivity index (χ0n) is 11.0. The van der Waals surface area contributed by atoms with E-state index in [-0.39, 0.29) is 24.4 Å². The Morgan fingerprint density at radius 1 is 1.28 bits per heavy atom. The van der Waals surface area contributed by atoms with Crippen molar-refractivity contribution in [3.8, 4) is 0 Å². The van der Waals surface area contributed by atoms with Crippen molar-refractivity contribution in [2.75, 3.05) is 26.2 Å². The van der Waals surface area contributed by atoms with Crippen molar-refractivity contribution in [2.24, 2.45) is 5.92 Å². The summed E-state index contributed by atoms with van der Waals surface area (Å²) in [6.07, 6.45) is 7.15. The molecule has 0 radical (unpaired) electrons. The van der Waals surface area contributed by atoms with Gasteiger partial charge in [0.2, 0.25) is 5.91 Å². The van der Waals surface area contributed by atoms with E-state index in [1.165, 1.54) is 32.1 Å². The summed E-state index contributed by atoms with van der Waals surface area (Å²) in [5.74, 6) is 0.849. The second kappa shape index (κ2) is 8.73. The van der Waals surface area contributed by atoms with Crippen molar-refractivity contribution in [3.05, 3.63) is 0 Å². The summed E-state index contributed by atoms with van der Waals surface area (Å²) in [6.45, 7) is 3.29. The molecule has 5 heteroatoms. The van der Waals surface area contributed by atoms with Gasteiger partial charge >= 0.3 is 0 Å². The van der Waals surface area contributed by atoms with Crippen LogP contribution in [-0.4, -0.2) is 38.3 Å². The first kappa shape index (κ1) is 15.7. The molecule has 2 aliphatic rings. The lowest BCUT2D eigenvalue weighted by Crippen LogP contribution is -2.42. The third kappa shape index (κ3) is 5.55. The maximum Gasteiger partial charge on any atom is 0.222 e. The van der Waals surface area contributed by atoms with Crippen LogP contribution >= 0.6 is 12.4 Å². The third-order valence-corrected chi connectivity index (χ3v) is 3.73. The molecule has 0 aromatic carbocycles. The van der Waals surface area contributed by atoms with Crippen molar-refractivity contribution in [1.82, 2.24) is 10.6 Å². The van der Waals surface area contributed by atoms with E-state index in [9.17, 15) is 4.79 Å². The highest BCUT2D eigenvalue weighted by molar-refractivity contribution is 5.85. The Balaban J connectivity index is 0.00000162. The number of amides is 1. The van der Waals surface area contributed by atoms with Crippen LogP contribution in [0.2, 0.25) is 0 Å². The van der Waals surface area contributed by atoms with Gasteiger partial charge in [0.05, 0.1) is 19.1 Å². The Kier molecular flexibility index (Phi) is 7.63. The van der Waals surface area contributed by atoms with Gasteiger partial charge in [-0.1, -0.05) is 19.3 Å². The van der Waals surface area contributed by atoms with E-state index in [0.717, 1.165) is 26.2 Å². The molecule has 1 aliphatic heterocycles. The molecule has 18 heavy (non-hydrogen) atoms. The number of rotatable bonds is 4. The summed E-state index contributed by atoms with van der Waals surface area (Å²) < 4.78 is 5.52. The van der Waals surface area contributed by atoms with Gasteiger partial charge in [-0.2, -0.15) is 0 Å². The van der Waals surface area contributed by atoms with Crippen LogP contribution in [0, 0.1) is 5.92 Å². The van der Waals surface area contributed by atoms with E-state index in [0.29, 0.717) is 12.3 Å². The van der Waals surface area contributed by atoms with Crippen LogP contribution in [-0.2, 0) is 9.53 Å². The average molecular weight is 277 g/mol. The largest absolute Gasteiger partial charge is 0.375 e. The van der Waals surface area contributed by atoms with Gasteiger partial charge in [-0.05, 0) is 18.8 Å². The Hall–Kier alpha value is -0.320. The molecule has 4 nitrogen and oxygen atoms in total. The second-order valence-corrected chi connectivity index (χ2v) is 5.21. The highest BCUT2D eigenvalue weighted by atomic mass is 35.5. The molecule has 0 aromatic rings. The standard InChI is InChI=1S/C13H24N2O2.ClH/c16-13(8-12-10-14-6-7-17-12)15-9-11-4-2-1-3-5-11;/h11-12,14H,1-10H2,(H,15,16);1H. The van der Waals surface area contributed by atoms with Gasteiger partial charge in [0, 0.05) is 19.6 Å². The summed E-state index contributed by atoms with van der Waals surface area (Å²) in [5.41, 5.74) is 0. The molecule has 2 fully saturated rings. The van der Waals surface area contributed by atoms with E-state index in [1.807, 2.05) is 0 Å². The minimum atomic E-state index is 0. The lowest BCUT2D eigenvalue weighted by Gasteiger charge is -2.24. The van der Waals surface area contributed by atoms with E-state index >= 15 is 0 Å². The SMILES string of the molecule is Cl.O=C(CC1CNCCO1)NCC1CCCCC1. The molecule has 2 N–H and O–H groups in total. The fraction of sp³-hybridized carbons (Fsp3) is 0.923. The van der Waals surface area contributed by atoms with Crippen molar-refractivity contribution in [2.45, 2.75) is 44.6 Å². The quantitative estimate of drug-likeness (QED) is 0.818. The Labute approximate surface area is 116 Å². The zero-order valence-corrected chi connectivity index (χ0v) is 11.8. The highest BCUT2D eigenvalue weighted by Crippen LogP contribution is 2.22. The maximum atomic E-state index is 11.7. The minimum Gasteiger partial charge on any atom is -0.375 e. The minimum absolute atomic E-state index is 0. The van der Waals surface area contributed by atoms with Crippen LogP contribution in [0.3, 0.4) is 0 Å². The summed E-state index contributed by atoms with van der Waals surface area (Å²) in [6, 6.07) is 0. The molecule has 0 aromatic heterocycles. The predicted molar refractivity (Wildman–Crippen MR) is 74.1 cm³/mol. The zero-order chi connectivity index (χ0) is 11.9. The summed E-state index contributed by atoms with van der Waals surface area (Å²) in [7, 11) is 0. The van der Waals surface area contributed by atoms with E-state index in [1.54, 1.807) is 0 Å². The van der Waals surface area contributed by atoms with Crippen LogP contribution in [0.1, 0.15) is 38.5 Å². The van der Waals surface area contributed by atoms with Crippen LogP contribution < -0.4 is 10.6 Å². The molecular formula is C13H25ClN2O2. The van der Waals surface area contributed by atoms with Crippen molar-refractivity contribution < 1.29 is 9.53 Å². The number of hydrogen-bond donors (Lipinski definition) is 2. The van der Waals surface area contributed by atoms with Crippen molar-refractivity contribution >= 4 is 18.3 Å². The molecule has 2 rings (SSSR count). The molecule has 106 valence electrons. The number of morpholine rings is 1. The Bertz CT molecular complexity index is 239. The van der Waals surface area contributed by atoms with Gasteiger partial charge in [0.1, 0.15) is 0 Å². The summed E-state index contributed by atoms with van der Waals surface area (Å²) in [4.78, 5) is 11.7. The molecule has 1 saturated heterocycles. The lowest BCUT2D eigenvalue weighted by molar-refractivity contribution is -0.124. The van der Waals surface area contributed by atoms with Gasteiger partial charge in [0.15, 0.2) is 0 Å². The molecule has 1 aliphatic carbocycles. The van der Waals surface area contributed by atoms with Gasteiger partial charge in [-0.25, -0.2) is 0 Å². The lowest BCUT2D eigenvalue weighted by atomic mass is 9.89. The number of halogens is 1. The Morgan fingerprint density at radius 3 is 2.72 bits per heavy atom. The first-order chi connectivity index (χ1) is 8.34. The molecule has 1 saturated carbocycles. The molecule has 1 unspecified atom stereocenters. The molecular weight excluding hydrogens is 252 g/mol. The van der Waals surface area contributed by atoms with Crippen LogP contribution in [0.4, 0.5) is 0 Å². The number of carbonyl (C=O) groups is 1. The van der Waals surface area contributed by atoms with E-state index in [4.69, 9.17) is 4.74 Å². The number of hydrogen-bond acceptors (Lipinski definition) is 3. The topological polar surface area (TPSA) is 50.4 Å². The maximum absolute atomic E-state index is 11.7. The fourth-order valence-corrected chi connectivity index (χ4v) is 2.68. The van der Waals surface area contributed by atoms with E-state index < -0.39 is 0 Å². The van der Waals surface area contributed by atoms with Gasteiger partial charge in [0.25, 0.3) is 0 Å². The summed E-state index contributed by atoms with van der Waals surface area (Å²) >= 11 is 0. The predicted octanol–water partition coefficient (Wildman–Crippen LogP) is 1.48. The first-order valence-corrected chi connectivity index (χ1v) is 6.93. The summed E-state index contributed by atoms with van der Waals surface area (Å²) in [5, 5.41) is 6.29. The highest BCUT2D eigenvalue weighted by Gasteiger charge is 2.18. The third-order valence-electron chi connectivity index (χ3n) is 3.73. The number of carbonyl (C=O) groups excluding carboxylic acids is 1. The van der Waals surface area contributed by atoms with Crippen LogP contribution in [0.5, 0.6) is 0 Å². The van der Waals surface area contributed by atoms with Crippen LogP contribution in [0.15, 0.2) is 0 Å². The average Bonchev–Trinajstić information content (AvgIpc) is 2.39. The van der Waals surface area contributed by atoms with Gasteiger partial charge in [-0.15, -0.1) is 12.4 Å². The monoisotopic (exact) mass is 276 g/mol. The molecule has 1 heterocycles. The van der Waals surface area contributed by atoms with Gasteiger partial charge in [-0.3, -0.25) is 4.79 Å². The smallest absolute Gasteiger partial charge is 0.222 e. The van der Waals surface area contributed by atoms with Crippen molar-refractivity contribution in [1.29, 1.82) is 0 Å². The number of nitrogens with one attached hydrogen (secondary N) is 2. The second-order valence-electron chi connectivity index (χ2n) is 5.21. The van der Waals surface area contributed by atoms with Gasteiger partial charge < -0.3 is 15.4 Å². The molecule has 0 spiro atoms. The molecule has 1 atom stereocenters. The molecule has 0 bridgehead atoms.